The number of rotatable bonds is 3. The molecule has 1 nitrogen and oxygen atoms in total. The molecule has 0 saturated heterocycles. The van der Waals surface area contributed by atoms with E-state index in [2.05, 4.69) is 34.4 Å². The summed E-state index contributed by atoms with van der Waals surface area (Å²) in [5, 5.41) is 3.11. The maximum Gasteiger partial charge on any atom is 0.117 e. The zero-order valence-corrected chi connectivity index (χ0v) is 9.83. The molecule has 0 aromatic rings. The molecule has 0 bridgehead atoms. The van der Waals surface area contributed by atoms with Crippen molar-refractivity contribution in [3.05, 3.63) is 35.2 Å². The first-order valence-electron chi connectivity index (χ1n) is 3.91. The van der Waals surface area contributed by atoms with E-state index >= 15 is 0 Å². The topological polar surface area (TPSA) is 12.0 Å². The fraction of sp³-hybridized carbons (Fsp3) is 0.400. The van der Waals surface area contributed by atoms with Crippen LogP contribution in [-0.4, -0.2) is 5.54 Å². The number of hydrogen-bond acceptors (Lipinski definition) is 1. The van der Waals surface area contributed by atoms with E-state index in [1.807, 2.05) is 20.8 Å². The normalized spacial score (nSPS) is 12.5. The van der Waals surface area contributed by atoms with E-state index in [-0.39, 0.29) is 5.54 Å². The van der Waals surface area contributed by atoms with Gasteiger partial charge in [0.15, 0.2) is 0 Å². The van der Waals surface area contributed by atoms with Gasteiger partial charge in [-0.15, -0.1) is 0 Å². The summed E-state index contributed by atoms with van der Waals surface area (Å²) in [5.74, 6) is -0.497. The second-order valence-corrected chi connectivity index (χ2v) is 4.65. The monoisotopic (exact) mass is 247 g/mol. The quantitative estimate of drug-likeness (QED) is 0.751. The Balaban J connectivity index is 4.37. The molecule has 0 aliphatic heterocycles. The minimum Gasteiger partial charge on any atom is -0.380 e. The van der Waals surface area contributed by atoms with Gasteiger partial charge in [0.1, 0.15) is 5.83 Å². The van der Waals surface area contributed by atoms with Crippen LogP contribution in [0, 0.1) is 0 Å². The van der Waals surface area contributed by atoms with Gasteiger partial charge >= 0.3 is 0 Å². The van der Waals surface area contributed by atoms with E-state index in [0.717, 1.165) is 0 Å². The van der Waals surface area contributed by atoms with Gasteiger partial charge in [-0.3, -0.25) is 0 Å². The fourth-order valence-electron chi connectivity index (χ4n) is 0.737. The lowest BCUT2D eigenvalue weighted by Gasteiger charge is -2.23. The Kier molecular flexibility index (Phi) is 4.40. The van der Waals surface area contributed by atoms with Crippen molar-refractivity contribution in [3.63, 3.8) is 0 Å². The number of nitrogens with one attached hydrogen (secondary N) is 1. The summed E-state index contributed by atoms with van der Waals surface area (Å²) in [6, 6.07) is 0. The zero-order chi connectivity index (χ0) is 10.6. The highest BCUT2D eigenvalue weighted by molar-refractivity contribution is 9.12. The van der Waals surface area contributed by atoms with Crippen molar-refractivity contribution < 1.29 is 4.39 Å². The van der Waals surface area contributed by atoms with Crippen molar-refractivity contribution in [1.82, 2.24) is 5.32 Å². The molecule has 0 aromatic carbocycles. The molecule has 0 aromatic heterocycles. The molecule has 0 fully saturated rings. The van der Waals surface area contributed by atoms with Crippen LogP contribution in [0.5, 0.6) is 0 Å². The van der Waals surface area contributed by atoms with E-state index in [1.54, 1.807) is 0 Å². The molecule has 0 rings (SSSR count). The summed E-state index contributed by atoms with van der Waals surface area (Å²) >= 11 is 3.19. The average Bonchev–Trinajstić information content (AvgIpc) is 1.81. The Bertz CT molecular complexity index is 248. The van der Waals surface area contributed by atoms with Crippen LogP contribution < -0.4 is 5.32 Å². The molecular formula is C10H15BrFN. The largest absolute Gasteiger partial charge is 0.380 e. The van der Waals surface area contributed by atoms with Crippen molar-refractivity contribution in [3.8, 4) is 0 Å². The van der Waals surface area contributed by atoms with Crippen LogP contribution >= 0.6 is 15.9 Å². The first kappa shape index (κ1) is 12.4. The van der Waals surface area contributed by atoms with Crippen molar-refractivity contribution >= 4 is 15.9 Å². The summed E-state index contributed by atoms with van der Waals surface area (Å²) in [7, 11) is 0. The van der Waals surface area contributed by atoms with Crippen LogP contribution in [0.3, 0.4) is 0 Å². The number of allylic oxidation sites excluding steroid dienone is 3. The van der Waals surface area contributed by atoms with Crippen molar-refractivity contribution in [2.75, 3.05) is 0 Å². The second kappa shape index (κ2) is 4.61. The zero-order valence-electron chi connectivity index (χ0n) is 8.25. The Labute approximate surface area is 87.5 Å². The van der Waals surface area contributed by atoms with Crippen LogP contribution in [0.1, 0.15) is 20.8 Å². The molecule has 0 aliphatic carbocycles. The first-order valence-corrected chi connectivity index (χ1v) is 4.71. The molecular weight excluding hydrogens is 233 g/mol. The second-order valence-electron chi connectivity index (χ2n) is 3.79. The summed E-state index contributed by atoms with van der Waals surface area (Å²) in [6.45, 7) is 12.9. The van der Waals surface area contributed by atoms with Gasteiger partial charge in [-0.05, 0) is 42.8 Å². The minimum atomic E-state index is -0.497. The maximum atomic E-state index is 12.4. The molecule has 1 N–H and O–H groups in total. The van der Waals surface area contributed by atoms with Crippen LogP contribution in [-0.2, 0) is 0 Å². The summed E-state index contributed by atoms with van der Waals surface area (Å²) in [5.41, 5.74) is 0.563. The molecule has 0 saturated carbocycles. The van der Waals surface area contributed by atoms with Gasteiger partial charge in [-0.1, -0.05) is 13.2 Å². The summed E-state index contributed by atoms with van der Waals surface area (Å²) in [4.78, 5) is 0. The molecule has 0 atom stereocenters. The SMILES string of the molecule is C=C(F)/C=C(/Br)C(=C)NC(C)(C)C. The highest BCUT2D eigenvalue weighted by Crippen LogP contribution is 2.18. The Hall–Kier alpha value is -0.570. The Morgan fingerprint density at radius 1 is 1.38 bits per heavy atom. The smallest absolute Gasteiger partial charge is 0.117 e. The van der Waals surface area contributed by atoms with Crippen molar-refractivity contribution in [2.24, 2.45) is 0 Å². The lowest BCUT2D eigenvalue weighted by atomic mass is 10.1. The van der Waals surface area contributed by atoms with E-state index < -0.39 is 5.83 Å². The van der Waals surface area contributed by atoms with Gasteiger partial charge in [-0.2, -0.15) is 0 Å². The number of hydrogen-bond donors (Lipinski definition) is 1. The molecule has 3 heteroatoms. The molecule has 13 heavy (non-hydrogen) atoms. The third-order valence-corrected chi connectivity index (χ3v) is 1.81. The predicted octanol–water partition coefficient (Wildman–Crippen LogP) is 3.65. The van der Waals surface area contributed by atoms with Gasteiger partial charge in [-0.25, -0.2) is 4.39 Å². The highest BCUT2D eigenvalue weighted by Gasteiger charge is 2.11. The molecule has 0 radical (unpaired) electrons. The first-order chi connectivity index (χ1) is 5.72. The summed E-state index contributed by atoms with van der Waals surface area (Å²) < 4.78 is 13.0. The van der Waals surface area contributed by atoms with Gasteiger partial charge in [0.2, 0.25) is 0 Å². The van der Waals surface area contributed by atoms with Crippen LogP contribution in [0.25, 0.3) is 0 Å². The summed E-state index contributed by atoms with van der Waals surface area (Å²) in [6.07, 6.45) is 1.28. The standard InChI is InChI=1S/C10H15BrFN/c1-7(12)6-9(11)8(2)13-10(3,4)5/h6,13H,1-2H2,3-5H3/b9-6+. The molecule has 0 unspecified atom stereocenters. The van der Waals surface area contributed by atoms with E-state index in [1.165, 1.54) is 6.08 Å². The van der Waals surface area contributed by atoms with Gasteiger partial charge in [0, 0.05) is 15.7 Å². The lowest BCUT2D eigenvalue weighted by molar-refractivity contribution is 0.479. The predicted molar refractivity (Wildman–Crippen MR) is 59.3 cm³/mol. The minimum absolute atomic E-state index is 0.0818. The van der Waals surface area contributed by atoms with Crippen LogP contribution in [0.15, 0.2) is 35.2 Å². The third-order valence-electron chi connectivity index (χ3n) is 1.10. The lowest BCUT2D eigenvalue weighted by Crippen LogP contribution is -2.34. The molecule has 0 spiro atoms. The van der Waals surface area contributed by atoms with Crippen molar-refractivity contribution in [2.45, 2.75) is 26.3 Å². The maximum absolute atomic E-state index is 12.4. The van der Waals surface area contributed by atoms with Crippen molar-refractivity contribution in [1.29, 1.82) is 0 Å². The van der Waals surface area contributed by atoms with Crippen LogP contribution in [0.2, 0.25) is 0 Å². The highest BCUT2D eigenvalue weighted by atomic mass is 79.9. The fourth-order valence-corrected chi connectivity index (χ4v) is 1.08. The average molecular weight is 248 g/mol. The van der Waals surface area contributed by atoms with E-state index in [4.69, 9.17) is 0 Å². The Morgan fingerprint density at radius 2 is 1.85 bits per heavy atom. The molecule has 0 amide bonds. The van der Waals surface area contributed by atoms with Gasteiger partial charge < -0.3 is 5.32 Å². The van der Waals surface area contributed by atoms with E-state index in [9.17, 15) is 4.39 Å². The van der Waals surface area contributed by atoms with Gasteiger partial charge in [0.25, 0.3) is 0 Å². The van der Waals surface area contributed by atoms with Gasteiger partial charge in [0.05, 0.1) is 0 Å². The van der Waals surface area contributed by atoms with Crippen LogP contribution in [0.4, 0.5) is 4.39 Å². The Morgan fingerprint density at radius 3 is 2.15 bits per heavy atom. The molecule has 0 aliphatic rings. The molecule has 74 valence electrons. The number of halogens is 2. The van der Waals surface area contributed by atoms with E-state index in [0.29, 0.717) is 10.2 Å². The molecule has 0 heterocycles. The third kappa shape index (κ3) is 6.58.